The minimum Gasteiger partial charge on any atom is -0.377 e. The Morgan fingerprint density at radius 2 is 1.74 bits per heavy atom. The van der Waals surface area contributed by atoms with Crippen molar-refractivity contribution in [2.24, 2.45) is 0 Å². The summed E-state index contributed by atoms with van der Waals surface area (Å²) in [6.07, 6.45) is 0. The number of H-pyrrole nitrogens is 1. The fourth-order valence-corrected chi connectivity index (χ4v) is 3.16. The number of aromatic nitrogens is 3. The number of anilines is 1. The van der Waals surface area contributed by atoms with Crippen molar-refractivity contribution in [3.8, 4) is 0 Å². The molecule has 2 heterocycles. The van der Waals surface area contributed by atoms with Crippen molar-refractivity contribution in [2.45, 2.75) is 13.0 Å². The summed E-state index contributed by atoms with van der Waals surface area (Å²) in [6, 6.07) is 17.2. The van der Waals surface area contributed by atoms with Crippen LogP contribution < -0.4 is 10.2 Å². The van der Waals surface area contributed by atoms with Gasteiger partial charge >= 0.3 is 0 Å². The highest BCUT2D eigenvalue weighted by atomic mass is 16.1. The van der Waals surface area contributed by atoms with Gasteiger partial charge in [0.05, 0.1) is 22.6 Å². The van der Waals surface area contributed by atoms with Crippen molar-refractivity contribution in [3.05, 3.63) is 66.1 Å². The first-order valence-electron chi connectivity index (χ1n) is 8.85. The lowest BCUT2D eigenvalue weighted by atomic mass is 10.1. The van der Waals surface area contributed by atoms with Crippen LogP contribution in [0.2, 0.25) is 0 Å². The third-order valence-corrected chi connectivity index (χ3v) is 4.57. The average Bonchev–Trinajstić information content (AvgIpc) is 3.11. The fraction of sp³-hybridized carbons (Fsp3) is 0.190. The topological polar surface area (TPSA) is 73.9 Å². The lowest BCUT2D eigenvalue weighted by Gasteiger charge is -2.17. The van der Waals surface area contributed by atoms with Gasteiger partial charge in [-0.05, 0) is 31.2 Å². The minimum atomic E-state index is -0.263. The van der Waals surface area contributed by atoms with E-state index in [1.165, 1.54) is 0 Å². The lowest BCUT2D eigenvalue weighted by molar-refractivity contribution is 0.0934. The van der Waals surface area contributed by atoms with Crippen molar-refractivity contribution < 1.29 is 4.79 Å². The molecule has 27 heavy (non-hydrogen) atoms. The molecule has 0 fully saturated rings. The molecule has 0 aliphatic heterocycles. The van der Waals surface area contributed by atoms with Crippen molar-refractivity contribution in [1.82, 2.24) is 20.3 Å². The molecule has 1 atom stereocenters. The SMILES string of the molecule is C[C@@H](NC(=O)c1cc(N(C)C)c2ccccc2n1)c1nc2ccccc2[nH]1. The number of carbonyl (C=O) groups is 1. The van der Waals surface area contributed by atoms with Crippen LogP contribution in [0.25, 0.3) is 21.9 Å². The standard InChI is InChI=1S/C21H21N5O/c1-13(20-24-16-10-6-7-11-17(16)25-20)22-21(27)18-12-19(26(2)3)14-8-4-5-9-15(14)23-18/h4-13H,1-3H3,(H,22,27)(H,24,25)/t13-/m1/s1. The maximum absolute atomic E-state index is 12.8. The lowest BCUT2D eigenvalue weighted by Crippen LogP contribution is -2.28. The Hall–Kier alpha value is -3.41. The molecular weight excluding hydrogens is 338 g/mol. The third-order valence-electron chi connectivity index (χ3n) is 4.57. The first-order chi connectivity index (χ1) is 13.0. The molecule has 0 saturated carbocycles. The summed E-state index contributed by atoms with van der Waals surface area (Å²) in [5.41, 5.74) is 3.98. The molecule has 6 nitrogen and oxygen atoms in total. The number of imidazole rings is 1. The van der Waals surface area contributed by atoms with Crippen LogP contribution in [0.4, 0.5) is 5.69 Å². The third kappa shape index (κ3) is 3.21. The first kappa shape index (κ1) is 17.0. The van der Waals surface area contributed by atoms with Gasteiger partial charge in [-0.15, -0.1) is 0 Å². The van der Waals surface area contributed by atoms with Gasteiger partial charge < -0.3 is 15.2 Å². The number of nitrogens with zero attached hydrogens (tertiary/aromatic N) is 3. The van der Waals surface area contributed by atoms with Crippen LogP contribution in [-0.2, 0) is 0 Å². The van der Waals surface area contributed by atoms with Crippen LogP contribution in [-0.4, -0.2) is 35.0 Å². The molecule has 0 aliphatic carbocycles. The summed E-state index contributed by atoms with van der Waals surface area (Å²) in [5.74, 6) is 0.495. The van der Waals surface area contributed by atoms with Crippen LogP contribution in [0, 0.1) is 0 Å². The zero-order valence-corrected chi connectivity index (χ0v) is 15.5. The van der Waals surface area contributed by atoms with Gasteiger partial charge in [0.25, 0.3) is 5.91 Å². The highest BCUT2D eigenvalue weighted by Crippen LogP contribution is 2.25. The number of nitrogens with one attached hydrogen (secondary N) is 2. The second kappa shape index (κ2) is 6.72. The summed E-state index contributed by atoms with van der Waals surface area (Å²) < 4.78 is 0. The van der Waals surface area contributed by atoms with Crippen LogP contribution in [0.3, 0.4) is 0 Å². The van der Waals surface area contributed by atoms with Gasteiger partial charge in [-0.2, -0.15) is 0 Å². The summed E-state index contributed by atoms with van der Waals surface area (Å²) in [6.45, 7) is 1.91. The molecule has 0 radical (unpaired) electrons. The average molecular weight is 359 g/mol. The molecule has 0 spiro atoms. The number of rotatable bonds is 4. The highest BCUT2D eigenvalue weighted by molar-refractivity contribution is 6.00. The molecule has 4 rings (SSSR count). The monoisotopic (exact) mass is 359 g/mol. The molecule has 0 saturated heterocycles. The fourth-order valence-electron chi connectivity index (χ4n) is 3.16. The Balaban J connectivity index is 1.64. The normalized spacial score (nSPS) is 12.3. The van der Waals surface area contributed by atoms with Crippen molar-refractivity contribution in [3.63, 3.8) is 0 Å². The van der Waals surface area contributed by atoms with Gasteiger partial charge in [-0.25, -0.2) is 9.97 Å². The number of carbonyl (C=O) groups excluding carboxylic acids is 1. The first-order valence-corrected chi connectivity index (χ1v) is 8.85. The van der Waals surface area contributed by atoms with Crippen LogP contribution in [0.5, 0.6) is 0 Å². The van der Waals surface area contributed by atoms with E-state index in [0.29, 0.717) is 5.69 Å². The number of hydrogen-bond acceptors (Lipinski definition) is 4. The number of para-hydroxylation sites is 3. The van der Waals surface area contributed by atoms with E-state index >= 15 is 0 Å². The van der Waals surface area contributed by atoms with E-state index in [9.17, 15) is 4.79 Å². The Labute approximate surface area is 157 Å². The molecule has 0 aliphatic rings. The number of aromatic amines is 1. The van der Waals surface area contributed by atoms with Gasteiger partial charge in [0.15, 0.2) is 0 Å². The van der Waals surface area contributed by atoms with E-state index in [2.05, 4.69) is 20.3 Å². The predicted octanol–water partition coefficient (Wildman–Crippen LogP) is 3.67. The largest absolute Gasteiger partial charge is 0.377 e. The summed E-state index contributed by atoms with van der Waals surface area (Å²) in [5, 5.41) is 4.01. The van der Waals surface area contributed by atoms with Gasteiger partial charge in [-0.1, -0.05) is 30.3 Å². The van der Waals surface area contributed by atoms with Crippen LogP contribution in [0.15, 0.2) is 54.6 Å². The van der Waals surface area contributed by atoms with Gasteiger partial charge in [0, 0.05) is 25.2 Å². The molecule has 2 aromatic heterocycles. The van der Waals surface area contributed by atoms with E-state index in [1.807, 2.05) is 80.5 Å². The molecule has 2 aromatic carbocycles. The highest BCUT2D eigenvalue weighted by Gasteiger charge is 2.18. The van der Waals surface area contributed by atoms with E-state index < -0.39 is 0 Å². The smallest absolute Gasteiger partial charge is 0.270 e. The summed E-state index contributed by atoms with van der Waals surface area (Å²) in [4.78, 5) is 27.2. The molecule has 0 bridgehead atoms. The minimum absolute atomic E-state index is 0.225. The molecule has 0 unspecified atom stereocenters. The van der Waals surface area contributed by atoms with E-state index in [4.69, 9.17) is 0 Å². The van der Waals surface area contributed by atoms with Gasteiger partial charge in [-0.3, -0.25) is 4.79 Å². The molecule has 4 aromatic rings. The van der Waals surface area contributed by atoms with Crippen molar-refractivity contribution in [1.29, 1.82) is 0 Å². The Kier molecular flexibility index (Phi) is 4.24. The number of hydrogen-bond donors (Lipinski definition) is 2. The maximum atomic E-state index is 12.8. The quantitative estimate of drug-likeness (QED) is 0.583. The molecule has 2 N–H and O–H groups in total. The maximum Gasteiger partial charge on any atom is 0.270 e. The Morgan fingerprint density at radius 1 is 1.04 bits per heavy atom. The van der Waals surface area contributed by atoms with Crippen molar-refractivity contribution >= 4 is 33.5 Å². The van der Waals surface area contributed by atoms with Crippen molar-refractivity contribution in [2.75, 3.05) is 19.0 Å². The Morgan fingerprint density at radius 3 is 2.48 bits per heavy atom. The number of fused-ring (bicyclic) bond motifs is 2. The predicted molar refractivity (Wildman–Crippen MR) is 108 cm³/mol. The summed E-state index contributed by atoms with van der Waals surface area (Å²) in [7, 11) is 3.92. The van der Waals surface area contributed by atoms with E-state index in [1.54, 1.807) is 0 Å². The molecule has 6 heteroatoms. The Bertz CT molecular complexity index is 1100. The van der Waals surface area contributed by atoms with Gasteiger partial charge in [0.2, 0.25) is 0 Å². The second-order valence-electron chi connectivity index (χ2n) is 6.77. The van der Waals surface area contributed by atoms with E-state index in [0.717, 1.165) is 33.4 Å². The second-order valence-corrected chi connectivity index (χ2v) is 6.77. The zero-order chi connectivity index (χ0) is 19.0. The number of benzene rings is 2. The molecule has 1 amide bonds. The van der Waals surface area contributed by atoms with E-state index in [-0.39, 0.29) is 11.9 Å². The van der Waals surface area contributed by atoms with Crippen LogP contribution in [0.1, 0.15) is 29.3 Å². The van der Waals surface area contributed by atoms with Crippen LogP contribution >= 0.6 is 0 Å². The molecular formula is C21H21N5O. The molecule has 136 valence electrons. The zero-order valence-electron chi connectivity index (χ0n) is 15.5. The number of amides is 1. The van der Waals surface area contributed by atoms with Gasteiger partial charge in [0.1, 0.15) is 11.5 Å². The summed E-state index contributed by atoms with van der Waals surface area (Å²) >= 11 is 0. The number of pyridine rings is 1.